The molecule has 0 amide bonds. The number of fused-ring (bicyclic) bond motifs is 3. The molecule has 1 aromatic rings. The minimum absolute atomic E-state index is 0. The van der Waals surface area contributed by atoms with E-state index in [1.165, 1.54) is 0 Å². The van der Waals surface area contributed by atoms with Crippen molar-refractivity contribution in [3.63, 3.8) is 0 Å². The highest BCUT2D eigenvalue weighted by molar-refractivity contribution is 7.68. The molecule has 3 rings (SSSR count). The normalized spacial score (nSPS) is 29.7. The molecule has 2 aliphatic rings. The Bertz CT molecular complexity index is 1000. The smallest absolute Gasteiger partial charge is 1.00 e. The Balaban J connectivity index is 0.00000225. The Morgan fingerprint density at radius 1 is 1.24 bits per heavy atom. The summed E-state index contributed by atoms with van der Waals surface area (Å²) in [5.41, 5.74) is -0.491. The van der Waals surface area contributed by atoms with Gasteiger partial charge in [0.1, 0.15) is 12.2 Å². The predicted molar refractivity (Wildman–Crippen MR) is 83.9 cm³/mol. The maximum absolute atomic E-state index is 12.0. The number of phosphoric acid groups is 2. The number of aromatic nitrogens is 2. The van der Waals surface area contributed by atoms with E-state index in [2.05, 4.69) is 13.6 Å². The van der Waals surface area contributed by atoms with Crippen molar-refractivity contribution in [2.24, 2.45) is 0 Å². The van der Waals surface area contributed by atoms with E-state index in [1.807, 2.05) is 0 Å². The molecule has 2 aliphatic heterocycles. The lowest BCUT2D eigenvalue weighted by molar-refractivity contribution is -0.00701. The summed E-state index contributed by atoms with van der Waals surface area (Å²) in [4.78, 5) is 39.5. The maximum atomic E-state index is 12.0. The molecule has 0 aromatic carbocycles. The number of aliphatic hydroxyl groups excluding tert-OH is 1. The molecular weight excluding hydrogens is 486 g/mol. The topological polar surface area (TPSA) is 251 Å². The molecule has 1 fully saturated rings. The fourth-order valence-corrected chi connectivity index (χ4v) is 6.42. The molecule has 166 valence electrons. The van der Waals surface area contributed by atoms with Crippen molar-refractivity contribution in [1.29, 1.82) is 5.41 Å². The van der Waals surface area contributed by atoms with Crippen molar-refractivity contribution in [1.82, 2.24) is 9.55 Å². The zero-order valence-corrected chi connectivity index (χ0v) is 17.2. The van der Waals surface area contributed by atoms with Gasteiger partial charge in [0, 0.05) is 0 Å². The highest BCUT2D eigenvalue weighted by Crippen LogP contribution is 2.66. The Kier molecular flexibility index (Phi) is 6.74. The highest BCUT2D eigenvalue weighted by Gasteiger charge is 2.54. The fraction of sp³-hybridized carbons (Fsp3) is 0.556. The van der Waals surface area contributed by atoms with Crippen LogP contribution in [-0.4, -0.2) is 63.8 Å². The zero-order chi connectivity index (χ0) is 21.1. The van der Waals surface area contributed by atoms with Gasteiger partial charge in [-0.2, -0.15) is 9.29 Å². The first-order valence-corrected chi connectivity index (χ1v) is 12.0. The molecule has 16 nitrogen and oxygen atoms in total. The highest BCUT2D eigenvalue weighted by atomic mass is 35.5. The summed E-state index contributed by atoms with van der Waals surface area (Å²) in [5.74, 6) is -0.526. The zero-order valence-electron chi connectivity index (χ0n) is 14.7. The van der Waals surface area contributed by atoms with Crippen LogP contribution in [0.5, 0.6) is 11.8 Å². The van der Waals surface area contributed by atoms with Crippen molar-refractivity contribution in [3.8, 4) is 11.8 Å². The van der Waals surface area contributed by atoms with Crippen LogP contribution >= 0.6 is 23.2 Å². The molecule has 2 unspecified atom stereocenters. The number of aliphatic hydroxyl groups is 1. The number of halogens is 1. The number of nitrogens with one attached hydrogen (secondary N) is 1. The summed E-state index contributed by atoms with van der Waals surface area (Å²) in [5, 5.41) is 27.2. The number of rotatable bonds is 6. The summed E-state index contributed by atoms with van der Waals surface area (Å²) < 4.78 is 53.2. The van der Waals surface area contributed by atoms with E-state index in [1.54, 1.807) is 0 Å². The second-order valence-corrected chi connectivity index (χ2v) is 10.6. The van der Waals surface area contributed by atoms with Crippen LogP contribution in [0.25, 0.3) is 0 Å². The third kappa shape index (κ3) is 5.44. The number of nitrogens with zero attached hydrogens (tertiary/aromatic N) is 2. The van der Waals surface area contributed by atoms with Crippen molar-refractivity contribution in [3.05, 3.63) is 11.7 Å². The van der Waals surface area contributed by atoms with Crippen molar-refractivity contribution in [2.45, 2.75) is 24.5 Å². The van der Waals surface area contributed by atoms with Gasteiger partial charge in [0.05, 0.1) is 12.4 Å². The van der Waals surface area contributed by atoms with Gasteiger partial charge in [0.2, 0.25) is 0 Å². The molecule has 6 atom stereocenters. The third-order valence-corrected chi connectivity index (χ3v) is 7.96. The van der Waals surface area contributed by atoms with Crippen molar-refractivity contribution < 1.29 is 75.4 Å². The van der Waals surface area contributed by atoms with E-state index < -0.39 is 65.2 Å². The third-order valence-electron chi connectivity index (χ3n) is 3.61. The van der Waals surface area contributed by atoms with Gasteiger partial charge in [0.25, 0.3) is 0 Å². The minimum atomic E-state index is -5.61. The summed E-state index contributed by atoms with van der Waals surface area (Å²) in [6.45, 7) is 0. The molecule has 0 bridgehead atoms. The summed E-state index contributed by atoms with van der Waals surface area (Å²) in [7, 11) is -16.2. The summed E-state index contributed by atoms with van der Waals surface area (Å²) in [6, 6.07) is -0.159. The van der Waals surface area contributed by atoms with Gasteiger partial charge >= 0.3 is 30.7 Å². The molecule has 1 aromatic heterocycles. The lowest BCUT2D eigenvalue weighted by atomic mass is 10.1. The quantitative estimate of drug-likeness (QED) is 0.182. The number of aromatic hydroxyl groups is 1. The lowest BCUT2D eigenvalue weighted by Gasteiger charge is -2.21. The van der Waals surface area contributed by atoms with E-state index in [4.69, 9.17) is 24.7 Å². The van der Waals surface area contributed by atoms with Gasteiger partial charge in [-0.05, 0) is 0 Å². The number of ether oxygens (including phenoxy) is 2. The largest absolute Gasteiger partial charge is 1.00 e. The molecule has 29 heavy (non-hydrogen) atoms. The van der Waals surface area contributed by atoms with Crippen LogP contribution in [0.15, 0.2) is 6.20 Å². The lowest BCUT2D eigenvalue weighted by Crippen LogP contribution is -3.00. The van der Waals surface area contributed by atoms with Crippen LogP contribution in [-0.2, 0) is 27.1 Å². The van der Waals surface area contributed by atoms with Crippen LogP contribution in [0, 0.1) is 5.41 Å². The average molecular weight is 502 g/mol. The second kappa shape index (κ2) is 8.00. The van der Waals surface area contributed by atoms with Crippen LogP contribution in [0.2, 0.25) is 0 Å². The van der Waals surface area contributed by atoms with E-state index in [9.17, 15) is 33.7 Å². The van der Waals surface area contributed by atoms with Crippen LogP contribution in [0.1, 0.15) is 7.65 Å². The maximum Gasteiger partial charge on any atom is 1.00 e. The van der Waals surface area contributed by atoms with Gasteiger partial charge in [-0.3, -0.25) is 14.5 Å². The van der Waals surface area contributed by atoms with Gasteiger partial charge in [0.15, 0.2) is 23.6 Å². The second-order valence-electron chi connectivity index (χ2n) is 5.75. The Morgan fingerprint density at radius 2 is 1.86 bits per heavy atom. The standard InChI is InChI=1S/C9H14N3O13P3.ClH/c10-7-3(13)1-12-8-6(23-9(12)11-7)5(14)4(22-8)2-26(15,16)24-28(20,21)25-27(17,18)19;/h1,4-6,8,10,13-14H,2H2,(H,15,16)(H,20,21)(H2,17,18,19);1H/t4-,5-,6-,8-;/m0./s1. The Labute approximate surface area is 168 Å². The molecule has 0 aliphatic carbocycles. The predicted octanol–water partition coefficient (Wildman–Crippen LogP) is -4.38. The van der Waals surface area contributed by atoms with Crippen molar-refractivity contribution >= 4 is 23.2 Å². The first kappa shape index (κ1) is 24.4. The fourth-order valence-electron chi connectivity index (χ4n) is 2.64. The SMILES string of the molecule is N=c1nc2n(cc1O)[C@H]1O[C@@H](CP(=O)(O)OP(=O)(O)OP(=O)(O)O)[C@H](O)[C@@H]1O2.[Cl-].[H+]. The molecule has 0 radical (unpaired) electrons. The van der Waals surface area contributed by atoms with Crippen LogP contribution in [0.3, 0.4) is 0 Å². The van der Waals surface area contributed by atoms with E-state index in [-0.39, 0.29) is 19.8 Å². The van der Waals surface area contributed by atoms with Crippen molar-refractivity contribution in [2.75, 3.05) is 6.16 Å². The molecule has 0 spiro atoms. The average Bonchev–Trinajstić information content (AvgIpc) is 2.93. The minimum Gasteiger partial charge on any atom is -1.00 e. The Morgan fingerprint density at radius 3 is 2.45 bits per heavy atom. The van der Waals surface area contributed by atoms with E-state index in [0.29, 0.717) is 0 Å². The van der Waals surface area contributed by atoms with Gasteiger partial charge in [-0.15, -0.1) is 0 Å². The molecule has 1 saturated heterocycles. The monoisotopic (exact) mass is 501 g/mol. The van der Waals surface area contributed by atoms with Gasteiger partial charge < -0.3 is 51.7 Å². The van der Waals surface area contributed by atoms with E-state index in [0.717, 1.165) is 10.8 Å². The molecule has 20 heteroatoms. The molecular formula is C9H15ClN3O13P3. The molecule has 0 saturated carbocycles. The molecule has 3 heterocycles. The van der Waals surface area contributed by atoms with Gasteiger partial charge in [-0.1, -0.05) is 0 Å². The first-order valence-electron chi connectivity index (χ1n) is 7.17. The Hall–Kier alpha value is -0.860. The summed E-state index contributed by atoms with van der Waals surface area (Å²) >= 11 is 0. The van der Waals surface area contributed by atoms with Crippen LogP contribution in [0.4, 0.5) is 0 Å². The van der Waals surface area contributed by atoms with E-state index >= 15 is 0 Å². The number of hydrogen-bond acceptors (Lipinski definition) is 11. The van der Waals surface area contributed by atoms with Crippen LogP contribution < -0.4 is 22.6 Å². The number of hydrogen-bond donors (Lipinski definition) is 7. The van der Waals surface area contributed by atoms with Gasteiger partial charge in [-0.25, -0.2) is 13.4 Å². The summed E-state index contributed by atoms with van der Waals surface area (Å²) in [6.07, 6.45) is -5.32. The molecule has 7 N–H and O–H groups in total. The first-order chi connectivity index (χ1) is 12.7.